The normalized spacial score (nSPS) is 11.1. The van der Waals surface area contributed by atoms with Crippen LogP contribution in [0.25, 0.3) is 0 Å². The average molecular weight is 674 g/mol. The average Bonchev–Trinajstić information content (AvgIpc) is 2.25. The Balaban J connectivity index is -0.0000000523. The highest BCUT2D eigenvalue weighted by Crippen LogP contribution is 2.37. The lowest BCUT2D eigenvalue weighted by atomic mass is 11.1. The quantitative estimate of drug-likeness (QED) is 0.114. The zero-order chi connectivity index (χ0) is 31.3. The first kappa shape index (κ1) is 51.4. The molecule has 33 heteroatoms. The molecule has 0 saturated heterocycles. The molecule has 0 spiro atoms. The number of urea groups is 1. The van der Waals surface area contributed by atoms with Crippen LogP contribution in [-0.4, -0.2) is 71.8 Å². The number of rotatable bonds is 0. The van der Waals surface area contributed by atoms with Crippen LogP contribution < -0.4 is 11.1 Å². The minimum absolute atomic E-state index is 0.495. The van der Waals surface area contributed by atoms with Crippen molar-refractivity contribution >= 4 is 53.5 Å². The van der Waals surface area contributed by atoms with Crippen molar-refractivity contribution in [3.05, 3.63) is 0 Å². The van der Waals surface area contributed by atoms with E-state index in [1.54, 1.807) is 0 Å². The van der Waals surface area contributed by atoms with Crippen LogP contribution in [0.5, 0.6) is 0 Å². The fourth-order valence-electron chi connectivity index (χ4n) is 0. The molecule has 0 fully saturated rings. The van der Waals surface area contributed by atoms with E-state index in [0.717, 1.165) is 0 Å². The summed E-state index contributed by atoms with van der Waals surface area (Å²) in [5, 5.41) is 2.17. The third-order valence-corrected chi connectivity index (χ3v) is 0.246. The van der Waals surface area contributed by atoms with Gasteiger partial charge in [-0.2, -0.15) is 0 Å². The van der Waals surface area contributed by atoms with Gasteiger partial charge in [0.1, 0.15) is 0 Å². The number of halogens is 6. The molecule has 0 aromatic carbocycles. The molecule has 0 aromatic rings. The van der Waals surface area contributed by atoms with E-state index < -0.39 is 53.5 Å². The lowest BCUT2D eigenvalue weighted by Gasteiger charge is -1.80. The topological polar surface area (TPSA) is 400 Å². The van der Waals surface area contributed by atoms with Gasteiger partial charge in [-0.25, -0.2) is 32.2 Å². The van der Waals surface area contributed by atoms with E-state index >= 15 is 0 Å². The van der Waals surface area contributed by atoms with Crippen molar-refractivity contribution in [2.24, 2.45) is 5.73 Å². The molecule has 0 aliphatic rings. The molecule has 0 unspecified atom stereocenters. The van der Waals surface area contributed by atoms with Gasteiger partial charge in [-0.05, 0) is 0 Å². The van der Waals surface area contributed by atoms with Crippen LogP contribution in [0.4, 0.5) is 30.0 Å². The Hall–Kier alpha value is -0.250. The maximum absolute atomic E-state index is 10.4. The van der Waals surface area contributed by atoms with Crippen molar-refractivity contribution in [2.75, 3.05) is 7.05 Å². The summed E-state index contributed by atoms with van der Waals surface area (Å²) < 4.78 is 114. The third kappa shape index (κ3) is 11100. The number of hydrogen-bond donors (Lipinski definition) is 14. The Morgan fingerprint density at radius 1 is 0.486 bits per heavy atom. The monoisotopic (exact) mass is 674 g/mol. The van der Waals surface area contributed by atoms with Gasteiger partial charge < -0.3 is 11.1 Å². The molecule has 222 valence electrons. The minimum Gasteiger partial charge on any atom is -0.352 e. The molecule has 15 N–H and O–H groups in total. The van der Waals surface area contributed by atoms with E-state index in [4.69, 9.17) is 86.1 Å². The van der Waals surface area contributed by atoms with Gasteiger partial charge in [0.05, 0.1) is 0 Å². The third-order valence-electron chi connectivity index (χ3n) is 0.246. The summed E-state index contributed by atoms with van der Waals surface area (Å²) in [5.74, 6) is 0. The van der Waals surface area contributed by atoms with Gasteiger partial charge in [0.2, 0.25) is 0 Å². The number of primary amides is 1. The van der Waals surface area contributed by atoms with E-state index in [0.29, 0.717) is 0 Å². The van der Waals surface area contributed by atoms with Crippen molar-refractivity contribution < 1.29 is 116 Å². The first-order chi connectivity index (χ1) is 14.3. The highest BCUT2D eigenvalue weighted by Gasteiger charge is 2.06. The maximum Gasteiger partial charge on any atom is 0.507 e. The molecule has 0 rings (SSSR count). The highest BCUT2D eigenvalue weighted by molar-refractivity contribution is 7.46. The minimum atomic E-state index is -5.14. The molecule has 0 aliphatic carbocycles. The van der Waals surface area contributed by atoms with Gasteiger partial charge in [-0.3, -0.25) is 58.7 Å². The number of nitrogens with one attached hydrogen (secondary N) is 1. The van der Waals surface area contributed by atoms with Gasteiger partial charge >= 0.3 is 53.5 Å². The number of nitrogens with two attached hydrogens (primary N) is 1. The SMILES string of the molecule is CNC(N)=O.O=P(O)(O)F.O=P(O)(O)F.O=P(O)(O)F.O=P(O)(O)F.O=P(O)(O)F.O=P(O)(O)F. The van der Waals surface area contributed by atoms with Crippen LogP contribution in [0, 0.1) is 0 Å². The maximum atomic E-state index is 10.4. The molecule has 0 aromatic heterocycles. The fourth-order valence-corrected chi connectivity index (χ4v) is 0. The zero-order valence-electron chi connectivity index (χ0n) is 15.8. The zero-order valence-corrected chi connectivity index (χ0v) is 21.1. The molecule has 0 atom stereocenters. The highest BCUT2D eigenvalue weighted by atomic mass is 31.2. The van der Waals surface area contributed by atoms with Crippen molar-refractivity contribution in [1.82, 2.24) is 5.32 Å². The second-order valence-electron chi connectivity index (χ2n) is 3.45. The second-order valence-corrected chi connectivity index (χ2v) is 9.13. The van der Waals surface area contributed by atoms with Crippen LogP contribution >= 0.6 is 47.4 Å². The van der Waals surface area contributed by atoms with E-state index in [9.17, 15) is 30.0 Å². The molecule has 21 nitrogen and oxygen atoms in total. The molecule has 0 saturated carbocycles. The summed E-state index contributed by atoms with van der Waals surface area (Å²) in [5.41, 5.74) is 4.54. The summed E-state index contributed by atoms with van der Waals surface area (Å²) in [4.78, 5) is 93.1. The van der Waals surface area contributed by atoms with Crippen molar-refractivity contribution in [1.29, 1.82) is 0 Å². The number of amides is 2. The van der Waals surface area contributed by atoms with E-state index in [1.807, 2.05) is 0 Å². The van der Waals surface area contributed by atoms with E-state index in [2.05, 4.69) is 11.1 Å². The van der Waals surface area contributed by atoms with Crippen molar-refractivity contribution in [3.8, 4) is 0 Å². The molecule has 0 bridgehead atoms. The largest absolute Gasteiger partial charge is 0.507 e. The van der Waals surface area contributed by atoms with Crippen LogP contribution in [0.3, 0.4) is 0 Å². The molecule has 35 heavy (non-hydrogen) atoms. The molecule has 0 heterocycles. The van der Waals surface area contributed by atoms with E-state index in [-0.39, 0.29) is 0 Å². The molecular formula is C2H18F6N2O19P6. The summed E-state index contributed by atoms with van der Waals surface area (Å²) in [7, 11) is -29.4. The van der Waals surface area contributed by atoms with Crippen LogP contribution in [0.2, 0.25) is 0 Å². The molecule has 0 aliphatic heterocycles. The Morgan fingerprint density at radius 3 is 0.514 bits per heavy atom. The lowest BCUT2D eigenvalue weighted by molar-refractivity contribution is 0.250. The Labute approximate surface area is 188 Å². The number of hydrogen-bond acceptors (Lipinski definition) is 7. The van der Waals surface area contributed by atoms with Gasteiger partial charge in [-0.15, -0.1) is 25.2 Å². The van der Waals surface area contributed by atoms with Crippen molar-refractivity contribution in [3.63, 3.8) is 0 Å². The summed E-state index contributed by atoms with van der Waals surface area (Å²) in [6.45, 7) is 0. The summed E-state index contributed by atoms with van der Waals surface area (Å²) in [6, 6.07) is -0.495. The summed E-state index contributed by atoms with van der Waals surface area (Å²) in [6.07, 6.45) is 0. The van der Waals surface area contributed by atoms with Gasteiger partial charge in [0, 0.05) is 7.05 Å². The predicted molar refractivity (Wildman–Crippen MR) is 97.6 cm³/mol. The first-order valence-corrected chi connectivity index (χ1v) is 14.8. The Bertz CT molecular complexity index is 596. The molecular weight excluding hydrogens is 656 g/mol. The predicted octanol–water partition coefficient (Wildman–Crippen LogP) is -0.424. The number of carbonyl (C=O) groups excluding carboxylic acids is 1. The molecule has 0 radical (unpaired) electrons. The molecule has 2 amide bonds. The van der Waals surface area contributed by atoms with Crippen molar-refractivity contribution in [2.45, 2.75) is 0 Å². The first-order valence-electron chi connectivity index (χ1n) is 5.75. The van der Waals surface area contributed by atoms with Gasteiger partial charge in [0.25, 0.3) is 0 Å². The van der Waals surface area contributed by atoms with Gasteiger partial charge in [0.15, 0.2) is 0 Å². The van der Waals surface area contributed by atoms with Crippen LogP contribution in [0.1, 0.15) is 0 Å². The van der Waals surface area contributed by atoms with Gasteiger partial charge in [-0.1, -0.05) is 0 Å². The number of carbonyl (C=O) groups is 1. The second kappa shape index (κ2) is 22.9. The lowest BCUT2D eigenvalue weighted by Crippen LogP contribution is -2.24. The standard InChI is InChI=1S/C2H6N2O.6FH2O3P/c1-4-2(3)5;6*1-5(2,3)4/h1H3,(H3,3,4,5);6*(H2,2,3,4). The Kier molecular flexibility index (Phi) is 33.6. The van der Waals surface area contributed by atoms with Crippen LogP contribution in [0.15, 0.2) is 0 Å². The summed E-state index contributed by atoms with van der Waals surface area (Å²) >= 11 is 0. The Morgan fingerprint density at radius 2 is 0.514 bits per heavy atom. The van der Waals surface area contributed by atoms with Crippen LogP contribution in [-0.2, 0) is 27.4 Å². The van der Waals surface area contributed by atoms with E-state index in [1.165, 1.54) is 7.05 Å². The smallest absolute Gasteiger partial charge is 0.352 e. The fraction of sp³-hybridized carbons (Fsp3) is 0.500.